The first-order chi connectivity index (χ1) is 19.5. The standard InChI is InChI=1S/C32H27BrFNO5/c1-38-35-20-29(34)30(40-32(37)27-18-14-25(15-19-27)23-10-6-3-7-11-23)28(33)21-39-31(36)26-16-12-24(13-17-26)22-8-4-2-5-9-22/h2-20,28-30H,21H2,1H3/t28-,29+,30+/m0/s1. The third-order valence-electron chi connectivity index (χ3n) is 6.05. The van der Waals surface area contributed by atoms with Crippen molar-refractivity contribution in [3.63, 3.8) is 0 Å². The fourth-order valence-corrected chi connectivity index (χ4v) is 4.46. The molecule has 0 heterocycles. The number of carbonyl (C=O) groups is 2. The highest BCUT2D eigenvalue weighted by Crippen LogP contribution is 2.23. The van der Waals surface area contributed by atoms with Crippen molar-refractivity contribution in [1.82, 2.24) is 0 Å². The Morgan fingerprint density at radius 1 is 0.750 bits per heavy atom. The minimum absolute atomic E-state index is 0.246. The molecular formula is C32H27BrFNO5. The van der Waals surface area contributed by atoms with Crippen molar-refractivity contribution in [2.45, 2.75) is 17.1 Å². The number of alkyl halides is 2. The second kappa shape index (κ2) is 14.2. The van der Waals surface area contributed by atoms with Crippen LogP contribution in [0.1, 0.15) is 20.7 Å². The highest BCUT2D eigenvalue weighted by atomic mass is 79.9. The molecule has 0 aliphatic heterocycles. The molecule has 0 aromatic heterocycles. The van der Waals surface area contributed by atoms with Gasteiger partial charge in [-0.2, -0.15) is 0 Å². The summed E-state index contributed by atoms with van der Waals surface area (Å²) in [5.74, 6) is -1.32. The Balaban J connectivity index is 1.40. The molecule has 0 saturated carbocycles. The lowest BCUT2D eigenvalue weighted by molar-refractivity contribution is 0.00846. The molecule has 0 spiro atoms. The maximum Gasteiger partial charge on any atom is 0.338 e. The second-order valence-corrected chi connectivity index (χ2v) is 9.93. The van der Waals surface area contributed by atoms with Gasteiger partial charge in [0.25, 0.3) is 0 Å². The van der Waals surface area contributed by atoms with E-state index in [2.05, 4.69) is 25.9 Å². The zero-order valence-corrected chi connectivity index (χ0v) is 23.2. The van der Waals surface area contributed by atoms with E-state index in [4.69, 9.17) is 9.47 Å². The normalized spacial score (nSPS) is 13.3. The molecule has 0 aliphatic rings. The zero-order valence-electron chi connectivity index (χ0n) is 21.7. The third kappa shape index (κ3) is 7.64. The Kier molecular flexibility index (Phi) is 10.2. The largest absolute Gasteiger partial charge is 0.461 e. The van der Waals surface area contributed by atoms with Gasteiger partial charge in [-0.15, -0.1) is 0 Å². The Labute approximate surface area is 240 Å². The van der Waals surface area contributed by atoms with Gasteiger partial charge in [-0.1, -0.05) is 106 Å². The number of rotatable bonds is 11. The Morgan fingerprint density at radius 2 is 1.20 bits per heavy atom. The van der Waals surface area contributed by atoms with Gasteiger partial charge in [0.2, 0.25) is 0 Å². The number of hydrogen-bond acceptors (Lipinski definition) is 6. The molecule has 0 amide bonds. The van der Waals surface area contributed by atoms with Crippen LogP contribution in [0.15, 0.2) is 114 Å². The van der Waals surface area contributed by atoms with E-state index in [0.717, 1.165) is 28.5 Å². The summed E-state index contributed by atoms with van der Waals surface area (Å²) in [6, 6.07) is 33.2. The van der Waals surface area contributed by atoms with Crippen molar-refractivity contribution in [1.29, 1.82) is 0 Å². The fourth-order valence-electron chi connectivity index (χ4n) is 3.93. The summed E-state index contributed by atoms with van der Waals surface area (Å²) < 4.78 is 26.0. The van der Waals surface area contributed by atoms with Gasteiger partial charge in [0.15, 0.2) is 12.3 Å². The summed E-state index contributed by atoms with van der Waals surface area (Å²) in [6.07, 6.45) is -2.30. The van der Waals surface area contributed by atoms with E-state index in [-0.39, 0.29) is 12.2 Å². The third-order valence-corrected chi connectivity index (χ3v) is 6.84. The Hall–Kier alpha value is -4.30. The molecule has 4 rings (SSSR count). The number of benzene rings is 4. The molecule has 4 aromatic carbocycles. The summed E-state index contributed by atoms with van der Waals surface area (Å²) >= 11 is 3.33. The van der Waals surface area contributed by atoms with Crippen LogP contribution in [0.25, 0.3) is 22.3 Å². The van der Waals surface area contributed by atoms with E-state index in [1.54, 1.807) is 36.4 Å². The van der Waals surface area contributed by atoms with Crippen LogP contribution in [-0.4, -0.2) is 49.0 Å². The van der Waals surface area contributed by atoms with Crippen LogP contribution in [0.5, 0.6) is 0 Å². The molecule has 40 heavy (non-hydrogen) atoms. The number of esters is 2. The molecule has 0 aliphatic carbocycles. The van der Waals surface area contributed by atoms with Gasteiger partial charge in [0.05, 0.1) is 22.2 Å². The van der Waals surface area contributed by atoms with E-state index in [1.807, 2.05) is 72.8 Å². The van der Waals surface area contributed by atoms with Crippen LogP contribution in [0.2, 0.25) is 0 Å². The number of nitrogens with zero attached hydrogens (tertiary/aromatic N) is 1. The second-order valence-electron chi connectivity index (χ2n) is 8.75. The lowest BCUT2D eigenvalue weighted by Gasteiger charge is -2.24. The molecule has 3 atom stereocenters. The van der Waals surface area contributed by atoms with Crippen LogP contribution in [0.3, 0.4) is 0 Å². The van der Waals surface area contributed by atoms with Crippen molar-refractivity contribution in [2.75, 3.05) is 13.7 Å². The number of carbonyl (C=O) groups excluding carboxylic acids is 2. The van der Waals surface area contributed by atoms with E-state index >= 15 is 4.39 Å². The van der Waals surface area contributed by atoms with Crippen LogP contribution >= 0.6 is 15.9 Å². The summed E-state index contributed by atoms with van der Waals surface area (Å²) in [6.45, 7) is -0.259. The maximum absolute atomic E-state index is 15.0. The molecule has 0 radical (unpaired) electrons. The van der Waals surface area contributed by atoms with Crippen molar-refractivity contribution < 1.29 is 28.3 Å². The average molecular weight is 604 g/mol. The molecule has 4 aromatic rings. The van der Waals surface area contributed by atoms with Gasteiger partial charge in [-0.05, 0) is 46.5 Å². The van der Waals surface area contributed by atoms with Gasteiger partial charge >= 0.3 is 11.9 Å². The van der Waals surface area contributed by atoms with Crippen LogP contribution in [0.4, 0.5) is 4.39 Å². The van der Waals surface area contributed by atoms with Gasteiger partial charge < -0.3 is 14.3 Å². The van der Waals surface area contributed by atoms with Gasteiger partial charge in [-0.25, -0.2) is 14.0 Å². The van der Waals surface area contributed by atoms with Crippen LogP contribution in [-0.2, 0) is 14.3 Å². The number of hydrogen-bond donors (Lipinski definition) is 0. The van der Waals surface area contributed by atoms with E-state index < -0.39 is 29.0 Å². The smallest absolute Gasteiger partial charge is 0.338 e. The Bertz CT molecular complexity index is 1410. The molecule has 204 valence electrons. The topological polar surface area (TPSA) is 74.2 Å². The first-order valence-electron chi connectivity index (χ1n) is 12.5. The van der Waals surface area contributed by atoms with Crippen LogP contribution in [0, 0.1) is 0 Å². The first-order valence-corrected chi connectivity index (χ1v) is 13.4. The van der Waals surface area contributed by atoms with Gasteiger partial charge in [0.1, 0.15) is 13.7 Å². The Morgan fingerprint density at radius 3 is 1.68 bits per heavy atom. The molecule has 0 bridgehead atoms. The zero-order chi connectivity index (χ0) is 28.3. The lowest BCUT2D eigenvalue weighted by atomic mass is 10.0. The average Bonchev–Trinajstić information content (AvgIpc) is 3.02. The minimum Gasteiger partial charge on any atom is -0.461 e. The quantitative estimate of drug-likeness (QED) is 0.0788. The SMILES string of the molecule is CON=C[C@@H](F)[C@H](OC(=O)c1ccc(-c2ccccc2)cc1)[C@@H](Br)COC(=O)c1ccc(-c2ccccc2)cc1. The van der Waals surface area contributed by atoms with E-state index in [1.165, 1.54) is 7.11 Å². The summed E-state index contributed by atoms with van der Waals surface area (Å²) in [7, 11) is 1.27. The highest BCUT2D eigenvalue weighted by Gasteiger charge is 2.33. The van der Waals surface area contributed by atoms with Crippen molar-refractivity contribution in [3.8, 4) is 22.3 Å². The molecule has 8 heteroatoms. The van der Waals surface area contributed by atoms with Crippen molar-refractivity contribution >= 4 is 34.1 Å². The van der Waals surface area contributed by atoms with Gasteiger partial charge in [-0.3, -0.25) is 0 Å². The lowest BCUT2D eigenvalue weighted by Crippen LogP contribution is -2.39. The molecular weight excluding hydrogens is 577 g/mol. The first kappa shape index (κ1) is 28.7. The number of oxime groups is 1. The van der Waals surface area contributed by atoms with Crippen molar-refractivity contribution in [3.05, 3.63) is 120 Å². The monoisotopic (exact) mass is 603 g/mol. The van der Waals surface area contributed by atoms with E-state index in [9.17, 15) is 9.59 Å². The maximum atomic E-state index is 15.0. The number of ether oxygens (including phenoxy) is 2. The summed E-state index contributed by atoms with van der Waals surface area (Å²) in [4.78, 5) is 29.3. The summed E-state index contributed by atoms with van der Waals surface area (Å²) in [5.41, 5.74) is 4.48. The fraction of sp³-hybridized carbons (Fsp3) is 0.156. The van der Waals surface area contributed by atoms with Crippen LogP contribution < -0.4 is 0 Å². The number of halogens is 2. The van der Waals surface area contributed by atoms with Gasteiger partial charge in [0, 0.05) is 0 Å². The molecule has 0 fully saturated rings. The van der Waals surface area contributed by atoms with E-state index in [0.29, 0.717) is 5.56 Å². The predicted molar refractivity (Wildman–Crippen MR) is 156 cm³/mol. The molecule has 0 saturated heterocycles. The highest BCUT2D eigenvalue weighted by molar-refractivity contribution is 9.09. The molecule has 6 nitrogen and oxygen atoms in total. The van der Waals surface area contributed by atoms with Crippen molar-refractivity contribution in [2.24, 2.45) is 5.16 Å². The molecule has 0 unspecified atom stereocenters. The predicted octanol–water partition coefficient (Wildman–Crippen LogP) is 7.14. The minimum atomic E-state index is -1.83. The summed E-state index contributed by atoms with van der Waals surface area (Å²) in [5, 5.41) is 3.46. The molecule has 0 N–H and O–H groups in total.